The Kier molecular flexibility index (Phi) is 3.95. The van der Waals surface area contributed by atoms with Crippen LogP contribution in [0, 0.1) is 6.92 Å². The zero-order chi connectivity index (χ0) is 20.1. The summed E-state index contributed by atoms with van der Waals surface area (Å²) in [7, 11) is 0. The topological polar surface area (TPSA) is 83.8 Å². The van der Waals surface area contributed by atoms with Crippen LogP contribution in [0.4, 0.5) is 13.2 Å². The summed E-state index contributed by atoms with van der Waals surface area (Å²) in [5.74, 6) is -1.83. The van der Waals surface area contributed by atoms with E-state index in [-0.39, 0.29) is 5.82 Å². The Morgan fingerprint density at radius 1 is 1.18 bits per heavy atom. The molecule has 0 fully saturated rings. The van der Waals surface area contributed by atoms with Gasteiger partial charge in [-0.1, -0.05) is 24.3 Å². The number of aromatic carboxylic acids is 1. The average Bonchev–Trinajstić information content (AvgIpc) is 3.26. The van der Waals surface area contributed by atoms with Crippen LogP contribution in [0.1, 0.15) is 21.6 Å². The van der Waals surface area contributed by atoms with Crippen molar-refractivity contribution in [3.8, 4) is 17.1 Å². The molecule has 0 saturated heterocycles. The summed E-state index contributed by atoms with van der Waals surface area (Å²) in [4.78, 5) is 18.6. The van der Waals surface area contributed by atoms with E-state index in [1.165, 1.54) is 6.07 Å². The van der Waals surface area contributed by atoms with Crippen LogP contribution in [-0.4, -0.2) is 30.8 Å². The number of nitrogens with one attached hydrogen (secondary N) is 1. The van der Waals surface area contributed by atoms with Crippen LogP contribution in [0.3, 0.4) is 0 Å². The zero-order valence-corrected chi connectivity index (χ0v) is 14.4. The lowest BCUT2D eigenvalue weighted by Crippen LogP contribution is -2.18. The summed E-state index contributed by atoms with van der Waals surface area (Å²) in [5, 5.41) is 13.7. The van der Waals surface area contributed by atoms with Gasteiger partial charge in [-0.25, -0.2) is 14.5 Å². The second-order valence-electron chi connectivity index (χ2n) is 6.20. The summed E-state index contributed by atoms with van der Waals surface area (Å²) in [5.41, 5.74) is 0.690. The van der Waals surface area contributed by atoms with Crippen LogP contribution < -0.4 is 0 Å². The van der Waals surface area contributed by atoms with Gasteiger partial charge in [0.25, 0.3) is 0 Å². The molecule has 1 aromatic carbocycles. The van der Waals surface area contributed by atoms with Crippen molar-refractivity contribution >= 4 is 16.9 Å². The van der Waals surface area contributed by atoms with Crippen molar-refractivity contribution < 1.29 is 23.1 Å². The van der Waals surface area contributed by atoms with Crippen LogP contribution >= 0.6 is 0 Å². The van der Waals surface area contributed by atoms with E-state index >= 15 is 0 Å². The molecular formula is C19H13F3N4O2. The lowest BCUT2D eigenvalue weighted by molar-refractivity contribution is -0.143. The zero-order valence-electron chi connectivity index (χ0n) is 14.4. The molecule has 3 aromatic heterocycles. The second kappa shape index (κ2) is 6.22. The van der Waals surface area contributed by atoms with E-state index in [9.17, 15) is 18.0 Å². The Morgan fingerprint density at radius 2 is 1.93 bits per heavy atom. The fraction of sp³-hybridized carbons (Fsp3) is 0.105. The summed E-state index contributed by atoms with van der Waals surface area (Å²) in [6, 6.07) is 10.1. The number of hydrogen-bond acceptors (Lipinski definition) is 3. The molecule has 6 nitrogen and oxygen atoms in total. The number of nitrogens with zero attached hydrogens (tertiary/aromatic N) is 3. The molecule has 0 amide bonds. The number of benzene rings is 1. The number of carboxylic acids is 1. The monoisotopic (exact) mass is 386 g/mol. The van der Waals surface area contributed by atoms with Gasteiger partial charge in [-0.2, -0.15) is 18.3 Å². The predicted octanol–water partition coefficient (Wildman–Crippen LogP) is 4.44. The molecule has 4 aromatic rings. The van der Waals surface area contributed by atoms with Crippen molar-refractivity contribution in [2.45, 2.75) is 13.1 Å². The van der Waals surface area contributed by atoms with Gasteiger partial charge in [0.2, 0.25) is 0 Å². The van der Waals surface area contributed by atoms with Crippen LogP contribution in [0.2, 0.25) is 0 Å². The second-order valence-corrected chi connectivity index (χ2v) is 6.20. The smallest absolute Gasteiger partial charge is 0.434 e. The first kappa shape index (κ1) is 17.8. The molecule has 0 radical (unpaired) electrons. The average molecular weight is 386 g/mol. The highest BCUT2D eigenvalue weighted by molar-refractivity contribution is 5.95. The lowest BCUT2D eigenvalue weighted by atomic mass is 10.1. The van der Waals surface area contributed by atoms with Crippen LogP contribution in [0.25, 0.3) is 28.0 Å². The highest BCUT2D eigenvalue weighted by atomic mass is 19.4. The first-order valence-corrected chi connectivity index (χ1v) is 8.20. The van der Waals surface area contributed by atoms with Crippen molar-refractivity contribution in [1.82, 2.24) is 19.7 Å². The Hall–Kier alpha value is -3.62. The molecule has 2 N–H and O–H groups in total. The molecule has 0 aliphatic heterocycles. The van der Waals surface area contributed by atoms with Gasteiger partial charge in [-0.15, -0.1) is 0 Å². The quantitative estimate of drug-likeness (QED) is 0.545. The van der Waals surface area contributed by atoms with Crippen LogP contribution in [0.5, 0.6) is 0 Å². The number of rotatable bonds is 3. The maximum absolute atomic E-state index is 13.5. The van der Waals surface area contributed by atoms with Gasteiger partial charge in [-0.05, 0) is 24.6 Å². The van der Waals surface area contributed by atoms with E-state index in [4.69, 9.17) is 5.11 Å². The van der Waals surface area contributed by atoms with Gasteiger partial charge >= 0.3 is 12.1 Å². The molecule has 0 saturated carbocycles. The minimum Gasteiger partial charge on any atom is -0.478 e. The van der Waals surface area contributed by atoms with Gasteiger partial charge in [0.15, 0.2) is 11.5 Å². The van der Waals surface area contributed by atoms with Gasteiger partial charge in [-0.3, -0.25) is 0 Å². The molecule has 0 atom stereocenters. The van der Waals surface area contributed by atoms with E-state index in [0.29, 0.717) is 22.1 Å². The SMILES string of the molecule is Cc1c[nH]c2c(-c3cccc(-n4ncc(C(=O)O)c4C(F)(F)F)n3)cccc12. The van der Waals surface area contributed by atoms with E-state index in [2.05, 4.69) is 15.1 Å². The van der Waals surface area contributed by atoms with Crippen molar-refractivity contribution in [3.05, 3.63) is 65.6 Å². The van der Waals surface area contributed by atoms with Crippen molar-refractivity contribution in [2.24, 2.45) is 0 Å². The number of carbonyl (C=O) groups is 1. The fourth-order valence-corrected chi connectivity index (χ4v) is 3.15. The number of halogens is 3. The van der Waals surface area contributed by atoms with Crippen molar-refractivity contribution in [1.29, 1.82) is 0 Å². The number of fused-ring (bicyclic) bond motifs is 1. The Balaban J connectivity index is 1.90. The molecule has 0 spiro atoms. The minimum atomic E-state index is -4.90. The first-order valence-electron chi connectivity index (χ1n) is 8.20. The summed E-state index contributed by atoms with van der Waals surface area (Å²) < 4.78 is 40.9. The fourth-order valence-electron chi connectivity index (χ4n) is 3.15. The van der Waals surface area contributed by atoms with E-state index in [0.717, 1.165) is 16.5 Å². The third-order valence-electron chi connectivity index (χ3n) is 4.42. The number of carboxylic acid groups (broad SMARTS) is 1. The predicted molar refractivity (Wildman–Crippen MR) is 95.3 cm³/mol. The molecule has 9 heteroatoms. The normalized spacial score (nSPS) is 11.9. The molecule has 0 aliphatic rings. The number of hydrogen-bond donors (Lipinski definition) is 2. The number of alkyl halides is 3. The Labute approximate surface area is 156 Å². The highest BCUT2D eigenvalue weighted by Crippen LogP contribution is 2.34. The maximum Gasteiger partial charge on any atom is 0.434 e. The number of aryl methyl sites for hydroxylation is 1. The van der Waals surface area contributed by atoms with E-state index < -0.39 is 23.4 Å². The van der Waals surface area contributed by atoms with Gasteiger partial charge in [0.05, 0.1) is 17.4 Å². The summed E-state index contributed by atoms with van der Waals surface area (Å²) >= 11 is 0. The largest absolute Gasteiger partial charge is 0.478 e. The van der Waals surface area contributed by atoms with Crippen LogP contribution in [-0.2, 0) is 6.18 Å². The molecule has 3 heterocycles. The first-order chi connectivity index (χ1) is 13.3. The van der Waals surface area contributed by atoms with Gasteiger partial charge in [0, 0.05) is 17.1 Å². The highest BCUT2D eigenvalue weighted by Gasteiger charge is 2.41. The van der Waals surface area contributed by atoms with Gasteiger partial charge < -0.3 is 10.1 Å². The molecule has 28 heavy (non-hydrogen) atoms. The number of H-pyrrole nitrogens is 1. The number of para-hydroxylation sites is 1. The Bertz CT molecular complexity index is 1210. The molecule has 0 aliphatic carbocycles. The number of pyridine rings is 1. The van der Waals surface area contributed by atoms with Crippen molar-refractivity contribution in [2.75, 3.05) is 0 Å². The summed E-state index contributed by atoms with van der Waals surface area (Å²) in [6.07, 6.45) is -2.39. The molecule has 0 unspecified atom stereocenters. The lowest BCUT2D eigenvalue weighted by Gasteiger charge is -2.12. The van der Waals surface area contributed by atoms with Crippen molar-refractivity contribution in [3.63, 3.8) is 0 Å². The Morgan fingerprint density at radius 3 is 2.64 bits per heavy atom. The summed E-state index contributed by atoms with van der Waals surface area (Å²) in [6.45, 7) is 1.94. The van der Waals surface area contributed by atoms with Gasteiger partial charge in [0.1, 0.15) is 5.56 Å². The van der Waals surface area contributed by atoms with Crippen LogP contribution in [0.15, 0.2) is 48.8 Å². The van der Waals surface area contributed by atoms with E-state index in [1.807, 2.05) is 25.3 Å². The third-order valence-corrected chi connectivity index (χ3v) is 4.42. The standard InChI is InChI=1S/C19H13F3N4O2/c1-10-8-23-16-11(10)4-2-5-12(16)14-6-3-7-15(25-14)26-17(19(20,21)22)13(9-24-26)18(27)28/h2-9,23H,1H3,(H,27,28). The maximum atomic E-state index is 13.5. The minimum absolute atomic E-state index is 0.127. The molecule has 0 bridgehead atoms. The molecule has 142 valence electrons. The van der Waals surface area contributed by atoms with E-state index in [1.54, 1.807) is 18.2 Å². The molecule has 4 rings (SSSR count). The molecular weight excluding hydrogens is 373 g/mol. The number of aromatic amines is 1. The number of aromatic nitrogens is 4. The third kappa shape index (κ3) is 2.81.